The average Bonchev–Trinajstić information content (AvgIpc) is 3.43. The number of guanidine groups is 1. The van der Waals surface area contributed by atoms with Gasteiger partial charge in [0.25, 0.3) is 0 Å². The quantitative estimate of drug-likeness (QED) is 0.167. The van der Waals surface area contributed by atoms with Crippen LogP contribution in [0.2, 0.25) is 0 Å². The Labute approximate surface area is 201 Å². The predicted molar refractivity (Wildman–Crippen MR) is 134 cm³/mol. The second-order valence-electron chi connectivity index (χ2n) is 6.93. The number of nitrogens with zero attached hydrogens (tertiary/aromatic N) is 3. The van der Waals surface area contributed by atoms with E-state index >= 15 is 0 Å². The topological polar surface area (TPSA) is 76.6 Å². The van der Waals surface area contributed by atoms with Crippen molar-refractivity contribution in [2.75, 3.05) is 26.3 Å². The van der Waals surface area contributed by atoms with E-state index < -0.39 is 0 Å². The minimum atomic E-state index is 0. The molecule has 1 aromatic carbocycles. The predicted octanol–water partition coefficient (Wildman–Crippen LogP) is 4.10. The van der Waals surface area contributed by atoms with Crippen LogP contribution in [-0.4, -0.2) is 42.0 Å². The van der Waals surface area contributed by atoms with Crippen molar-refractivity contribution in [3.8, 4) is 5.69 Å². The SMILES string of the molecule is CCOCCCNC(=NCc1ccccc1-n1ccc(C)n1)NCCc1ccco1.I. The highest BCUT2D eigenvalue weighted by atomic mass is 127. The van der Waals surface area contributed by atoms with Crippen LogP contribution in [0.5, 0.6) is 0 Å². The van der Waals surface area contributed by atoms with Gasteiger partial charge < -0.3 is 19.8 Å². The van der Waals surface area contributed by atoms with Crippen LogP contribution in [-0.2, 0) is 17.7 Å². The molecule has 3 rings (SSSR count). The Balaban J connectivity index is 0.00000341. The van der Waals surface area contributed by atoms with Crippen molar-refractivity contribution in [2.45, 2.75) is 33.2 Å². The first-order valence-electron chi connectivity index (χ1n) is 10.5. The van der Waals surface area contributed by atoms with Crippen molar-refractivity contribution in [1.29, 1.82) is 0 Å². The Morgan fingerprint density at radius 3 is 2.71 bits per heavy atom. The van der Waals surface area contributed by atoms with Crippen LogP contribution in [0.4, 0.5) is 0 Å². The lowest BCUT2D eigenvalue weighted by atomic mass is 10.2. The van der Waals surface area contributed by atoms with Crippen LogP contribution in [0.15, 0.2) is 64.3 Å². The van der Waals surface area contributed by atoms with Crippen LogP contribution in [0.1, 0.15) is 30.4 Å². The number of hydrogen-bond acceptors (Lipinski definition) is 4. The number of hydrogen-bond donors (Lipinski definition) is 2. The molecule has 2 N–H and O–H groups in total. The van der Waals surface area contributed by atoms with Crippen molar-refractivity contribution in [3.63, 3.8) is 0 Å². The van der Waals surface area contributed by atoms with Crippen molar-refractivity contribution in [1.82, 2.24) is 20.4 Å². The standard InChI is InChI=1S/C23H31N5O2.HI/c1-3-29-16-7-13-24-23(25-14-11-21-9-6-17-30-21)26-18-20-8-4-5-10-22(20)28-15-12-19(2)27-28;/h4-6,8-10,12,15,17H,3,7,11,13-14,16,18H2,1-2H3,(H2,24,25,26);1H. The lowest BCUT2D eigenvalue weighted by Crippen LogP contribution is -2.39. The Hall–Kier alpha value is -2.33. The number of nitrogens with one attached hydrogen (secondary N) is 2. The third-order valence-corrected chi connectivity index (χ3v) is 4.57. The third kappa shape index (κ3) is 8.37. The molecule has 0 unspecified atom stereocenters. The van der Waals surface area contributed by atoms with Gasteiger partial charge in [0.05, 0.1) is 24.2 Å². The van der Waals surface area contributed by atoms with Crippen molar-refractivity contribution >= 4 is 29.9 Å². The number of ether oxygens (including phenoxy) is 1. The molecule has 31 heavy (non-hydrogen) atoms. The number of aromatic nitrogens is 2. The summed E-state index contributed by atoms with van der Waals surface area (Å²) >= 11 is 0. The molecule has 0 aliphatic rings. The molecule has 0 aliphatic carbocycles. The molecule has 3 aromatic rings. The molecular weight excluding hydrogens is 505 g/mol. The molecule has 0 radical (unpaired) electrons. The summed E-state index contributed by atoms with van der Waals surface area (Å²) in [5.74, 6) is 1.74. The lowest BCUT2D eigenvalue weighted by Gasteiger charge is -2.13. The van der Waals surface area contributed by atoms with Gasteiger partial charge in [-0.15, -0.1) is 24.0 Å². The van der Waals surface area contributed by atoms with Gasteiger partial charge in [-0.25, -0.2) is 9.67 Å². The maximum Gasteiger partial charge on any atom is 0.191 e. The van der Waals surface area contributed by atoms with Gasteiger partial charge in [-0.2, -0.15) is 5.10 Å². The summed E-state index contributed by atoms with van der Waals surface area (Å²) in [7, 11) is 0. The van der Waals surface area contributed by atoms with Crippen molar-refractivity contribution < 1.29 is 9.15 Å². The van der Waals surface area contributed by atoms with E-state index in [4.69, 9.17) is 14.1 Å². The summed E-state index contributed by atoms with van der Waals surface area (Å²) in [6, 6.07) is 14.1. The maximum atomic E-state index is 5.42. The molecule has 168 valence electrons. The van der Waals surface area contributed by atoms with Gasteiger partial charge >= 0.3 is 0 Å². The molecule has 8 heteroatoms. The van der Waals surface area contributed by atoms with Gasteiger partial charge in [0.2, 0.25) is 0 Å². The minimum absolute atomic E-state index is 0. The first kappa shape index (κ1) is 24.9. The van der Waals surface area contributed by atoms with E-state index in [1.807, 2.05) is 55.1 Å². The van der Waals surface area contributed by atoms with Gasteiger partial charge in [-0.1, -0.05) is 18.2 Å². The Kier molecular flexibility index (Phi) is 11.2. The van der Waals surface area contributed by atoms with E-state index in [9.17, 15) is 0 Å². The number of aryl methyl sites for hydroxylation is 1. The number of para-hydroxylation sites is 1. The Bertz CT molecular complexity index is 908. The molecule has 0 amide bonds. The largest absolute Gasteiger partial charge is 0.469 e. The van der Waals surface area contributed by atoms with Crippen LogP contribution in [0.25, 0.3) is 5.69 Å². The zero-order valence-electron chi connectivity index (χ0n) is 18.2. The first-order chi connectivity index (χ1) is 14.8. The summed E-state index contributed by atoms with van der Waals surface area (Å²) in [4.78, 5) is 4.81. The molecule has 0 bridgehead atoms. The van der Waals surface area contributed by atoms with Gasteiger partial charge in [0.1, 0.15) is 5.76 Å². The second kappa shape index (κ2) is 13.9. The fourth-order valence-electron chi connectivity index (χ4n) is 3.04. The van der Waals surface area contributed by atoms with E-state index in [0.717, 1.165) is 67.8 Å². The van der Waals surface area contributed by atoms with Crippen LogP contribution in [0, 0.1) is 6.92 Å². The van der Waals surface area contributed by atoms with E-state index in [1.165, 1.54) is 0 Å². The molecule has 0 aliphatic heterocycles. The summed E-state index contributed by atoms with van der Waals surface area (Å²) in [6.45, 7) is 7.57. The summed E-state index contributed by atoms with van der Waals surface area (Å²) in [5.41, 5.74) is 3.15. The van der Waals surface area contributed by atoms with Crippen molar-refractivity contribution in [3.05, 3.63) is 71.9 Å². The smallest absolute Gasteiger partial charge is 0.191 e. The normalized spacial score (nSPS) is 11.2. The fourth-order valence-corrected chi connectivity index (χ4v) is 3.04. The number of furan rings is 1. The lowest BCUT2D eigenvalue weighted by molar-refractivity contribution is 0.145. The van der Waals surface area contributed by atoms with E-state index in [1.54, 1.807) is 6.26 Å². The van der Waals surface area contributed by atoms with Gasteiger partial charge in [0.15, 0.2) is 5.96 Å². The summed E-state index contributed by atoms with van der Waals surface area (Å²) in [5, 5.41) is 11.3. The monoisotopic (exact) mass is 537 g/mol. The Morgan fingerprint density at radius 2 is 1.97 bits per heavy atom. The summed E-state index contributed by atoms with van der Waals surface area (Å²) in [6.07, 6.45) is 5.41. The highest BCUT2D eigenvalue weighted by Crippen LogP contribution is 2.15. The number of aliphatic imine (C=N–C) groups is 1. The van der Waals surface area contributed by atoms with E-state index in [0.29, 0.717) is 6.54 Å². The zero-order chi connectivity index (χ0) is 21.0. The Morgan fingerprint density at radius 1 is 1.13 bits per heavy atom. The highest BCUT2D eigenvalue weighted by molar-refractivity contribution is 14.0. The second-order valence-corrected chi connectivity index (χ2v) is 6.93. The highest BCUT2D eigenvalue weighted by Gasteiger charge is 2.06. The van der Waals surface area contributed by atoms with Crippen LogP contribution in [0.3, 0.4) is 0 Å². The molecule has 0 saturated carbocycles. The first-order valence-corrected chi connectivity index (χ1v) is 10.5. The van der Waals surface area contributed by atoms with Gasteiger partial charge in [-0.3, -0.25) is 0 Å². The molecular formula is C23H32IN5O2. The van der Waals surface area contributed by atoms with Crippen LogP contribution >= 0.6 is 24.0 Å². The van der Waals surface area contributed by atoms with E-state index in [-0.39, 0.29) is 24.0 Å². The molecule has 0 fully saturated rings. The van der Waals surface area contributed by atoms with Crippen molar-refractivity contribution in [2.24, 2.45) is 4.99 Å². The summed E-state index contributed by atoms with van der Waals surface area (Å²) < 4.78 is 12.7. The maximum absolute atomic E-state index is 5.42. The fraction of sp³-hybridized carbons (Fsp3) is 0.391. The van der Waals surface area contributed by atoms with Gasteiger partial charge in [-0.05, 0) is 50.1 Å². The number of rotatable bonds is 11. The van der Waals surface area contributed by atoms with Gasteiger partial charge in [0, 0.05) is 38.9 Å². The third-order valence-electron chi connectivity index (χ3n) is 4.57. The molecule has 0 spiro atoms. The van der Waals surface area contributed by atoms with Crippen LogP contribution < -0.4 is 10.6 Å². The number of benzene rings is 1. The number of halogens is 1. The molecule has 2 heterocycles. The zero-order valence-corrected chi connectivity index (χ0v) is 20.5. The average molecular weight is 537 g/mol. The molecule has 7 nitrogen and oxygen atoms in total. The molecule has 2 aromatic heterocycles. The molecule has 0 atom stereocenters. The minimum Gasteiger partial charge on any atom is -0.469 e. The molecule has 0 saturated heterocycles. The van der Waals surface area contributed by atoms with E-state index in [2.05, 4.69) is 27.9 Å².